The highest BCUT2D eigenvalue weighted by Crippen LogP contribution is 2.15. The molecule has 0 aliphatic rings. The first-order valence-corrected chi connectivity index (χ1v) is 8.54. The summed E-state index contributed by atoms with van der Waals surface area (Å²) in [5.74, 6) is 0.283. The molecule has 0 spiro atoms. The topological polar surface area (TPSA) is 26.3 Å². The fraction of sp³-hybridized carbons (Fsp3) is 0.737. The van der Waals surface area contributed by atoms with Gasteiger partial charge in [-0.1, -0.05) is 82.9 Å². The third-order valence-electron chi connectivity index (χ3n) is 3.74. The van der Waals surface area contributed by atoms with E-state index in [0.717, 1.165) is 5.57 Å². The molecule has 0 saturated heterocycles. The molecule has 0 amide bonds. The molecule has 0 heterocycles. The van der Waals surface area contributed by atoms with Gasteiger partial charge in [-0.2, -0.15) is 0 Å². The van der Waals surface area contributed by atoms with E-state index in [2.05, 4.69) is 24.7 Å². The molecular formula is C19H34O2. The van der Waals surface area contributed by atoms with E-state index in [-0.39, 0.29) is 5.97 Å². The second-order valence-electron chi connectivity index (χ2n) is 6.01. The minimum Gasteiger partial charge on any atom is -0.466 e. The van der Waals surface area contributed by atoms with Crippen LogP contribution in [0.3, 0.4) is 0 Å². The highest BCUT2D eigenvalue weighted by atomic mass is 16.5. The number of esters is 1. The number of rotatable bonds is 12. The molecule has 1 atom stereocenters. The second kappa shape index (κ2) is 13.9. The molecule has 0 bridgehead atoms. The van der Waals surface area contributed by atoms with Gasteiger partial charge in [0.1, 0.15) is 0 Å². The normalized spacial score (nSPS) is 13.6. The minimum atomic E-state index is -0.293. The van der Waals surface area contributed by atoms with Crippen molar-refractivity contribution in [2.24, 2.45) is 5.92 Å². The molecule has 0 fully saturated rings. The van der Waals surface area contributed by atoms with E-state index in [9.17, 15) is 4.79 Å². The van der Waals surface area contributed by atoms with Crippen molar-refractivity contribution in [3.63, 3.8) is 0 Å². The Kier molecular flexibility index (Phi) is 13.2. The van der Waals surface area contributed by atoms with Gasteiger partial charge >= 0.3 is 5.97 Å². The Labute approximate surface area is 131 Å². The van der Waals surface area contributed by atoms with E-state index in [1.807, 2.05) is 13.0 Å². The molecule has 0 aliphatic heterocycles. The smallest absolute Gasteiger partial charge is 0.330 e. The van der Waals surface area contributed by atoms with Crippen LogP contribution < -0.4 is 0 Å². The molecular weight excluding hydrogens is 260 g/mol. The van der Waals surface area contributed by atoms with Crippen LogP contribution in [-0.4, -0.2) is 13.1 Å². The van der Waals surface area contributed by atoms with Crippen LogP contribution in [0.1, 0.15) is 78.6 Å². The quantitative estimate of drug-likeness (QED) is 0.196. The van der Waals surface area contributed by atoms with Gasteiger partial charge in [-0.15, -0.1) is 0 Å². The Bertz CT molecular complexity index is 316. The average Bonchev–Trinajstić information content (AvgIpc) is 2.47. The molecule has 2 heteroatoms. The summed E-state index contributed by atoms with van der Waals surface area (Å²) < 4.78 is 4.58. The summed E-state index contributed by atoms with van der Waals surface area (Å²) in [6, 6.07) is 0. The Morgan fingerprint density at radius 3 is 2.14 bits per heavy atom. The number of carbonyl (C=O) groups excluding carboxylic acids is 1. The van der Waals surface area contributed by atoms with Crippen molar-refractivity contribution in [3.8, 4) is 0 Å². The largest absolute Gasteiger partial charge is 0.466 e. The molecule has 0 radical (unpaired) electrons. The summed E-state index contributed by atoms with van der Waals surface area (Å²) in [6.07, 6.45) is 17.7. The Hall–Kier alpha value is -1.05. The number of carbonyl (C=O) groups is 1. The molecule has 21 heavy (non-hydrogen) atoms. The fourth-order valence-corrected chi connectivity index (χ4v) is 2.46. The van der Waals surface area contributed by atoms with Crippen LogP contribution in [0.2, 0.25) is 0 Å². The lowest BCUT2D eigenvalue weighted by molar-refractivity contribution is -0.134. The maximum Gasteiger partial charge on any atom is 0.330 e. The van der Waals surface area contributed by atoms with Crippen LogP contribution in [0.15, 0.2) is 23.8 Å². The molecule has 0 aromatic carbocycles. The summed E-state index contributed by atoms with van der Waals surface area (Å²) in [5, 5.41) is 0. The monoisotopic (exact) mass is 294 g/mol. The lowest BCUT2D eigenvalue weighted by Gasteiger charge is -2.07. The highest BCUT2D eigenvalue weighted by Gasteiger charge is 1.99. The van der Waals surface area contributed by atoms with Gasteiger partial charge in [0.05, 0.1) is 7.11 Å². The number of unbranched alkanes of at least 4 members (excludes halogenated alkanes) is 7. The number of allylic oxidation sites excluding steroid dienone is 3. The van der Waals surface area contributed by atoms with E-state index >= 15 is 0 Å². The van der Waals surface area contributed by atoms with Gasteiger partial charge in [0, 0.05) is 6.08 Å². The van der Waals surface area contributed by atoms with Crippen molar-refractivity contribution in [1.29, 1.82) is 0 Å². The lowest BCUT2D eigenvalue weighted by atomic mass is 9.99. The second-order valence-corrected chi connectivity index (χ2v) is 6.01. The van der Waals surface area contributed by atoms with Crippen LogP contribution in [0.25, 0.3) is 0 Å². The highest BCUT2D eigenvalue weighted by molar-refractivity contribution is 5.82. The standard InChI is InChI=1S/C19H34O2/c1-5-6-7-8-9-10-11-12-13-17(2)16-18(3)14-15-19(20)21-4/h14-17H,5-13H2,1-4H3/b15-14+,18-16+. The fourth-order valence-electron chi connectivity index (χ4n) is 2.46. The predicted molar refractivity (Wildman–Crippen MR) is 91.3 cm³/mol. The number of ether oxygens (including phenoxy) is 1. The predicted octanol–water partition coefficient (Wildman–Crippen LogP) is 5.83. The van der Waals surface area contributed by atoms with Crippen LogP contribution in [0.4, 0.5) is 0 Å². The number of hydrogen-bond acceptors (Lipinski definition) is 2. The maximum atomic E-state index is 11.0. The first-order chi connectivity index (χ1) is 10.1. The third kappa shape index (κ3) is 13.7. The zero-order valence-electron chi connectivity index (χ0n) is 14.5. The average molecular weight is 294 g/mol. The summed E-state index contributed by atoms with van der Waals surface area (Å²) in [6.45, 7) is 6.54. The van der Waals surface area contributed by atoms with Crippen molar-refractivity contribution in [1.82, 2.24) is 0 Å². The van der Waals surface area contributed by atoms with E-state index in [4.69, 9.17) is 0 Å². The van der Waals surface area contributed by atoms with Crippen molar-refractivity contribution < 1.29 is 9.53 Å². The molecule has 1 unspecified atom stereocenters. The third-order valence-corrected chi connectivity index (χ3v) is 3.74. The summed E-state index contributed by atoms with van der Waals surface area (Å²) >= 11 is 0. The van der Waals surface area contributed by atoms with E-state index in [0.29, 0.717) is 5.92 Å². The SMILES string of the molecule is CCCCCCCCCCC(C)/C=C(C)/C=C/C(=O)OC. The first kappa shape index (κ1) is 19.9. The van der Waals surface area contributed by atoms with Crippen LogP contribution in [0.5, 0.6) is 0 Å². The molecule has 2 nitrogen and oxygen atoms in total. The van der Waals surface area contributed by atoms with E-state index < -0.39 is 0 Å². The van der Waals surface area contributed by atoms with Crippen LogP contribution in [0, 0.1) is 5.92 Å². The zero-order chi connectivity index (χ0) is 15.9. The number of hydrogen-bond donors (Lipinski definition) is 0. The van der Waals surface area contributed by atoms with Gasteiger partial charge in [0.2, 0.25) is 0 Å². The van der Waals surface area contributed by atoms with Gasteiger partial charge in [0.15, 0.2) is 0 Å². The van der Waals surface area contributed by atoms with Gasteiger partial charge in [-0.25, -0.2) is 4.79 Å². The lowest BCUT2D eigenvalue weighted by Crippen LogP contribution is -1.94. The van der Waals surface area contributed by atoms with Gasteiger partial charge in [-0.3, -0.25) is 0 Å². The molecule has 0 aromatic heterocycles. The number of methoxy groups -OCH3 is 1. The molecule has 0 saturated carbocycles. The molecule has 0 aromatic rings. The molecule has 122 valence electrons. The summed E-state index contributed by atoms with van der Waals surface area (Å²) in [7, 11) is 1.40. The minimum absolute atomic E-state index is 0.293. The Balaban J connectivity index is 3.67. The van der Waals surface area contributed by atoms with Gasteiger partial charge in [-0.05, 0) is 19.3 Å². The van der Waals surface area contributed by atoms with Gasteiger partial charge < -0.3 is 4.74 Å². The zero-order valence-corrected chi connectivity index (χ0v) is 14.5. The maximum absolute atomic E-state index is 11.0. The van der Waals surface area contributed by atoms with Crippen molar-refractivity contribution in [2.75, 3.05) is 7.11 Å². The van der Waals surface area contributed by atoms with Crippen LogP contribution in [-0.2, 0) is 9.53 Å². The van der Waals surface area contributed by atoms with Crippen molar-refractivity contribution in [2.45, 2.75) is 78.6 Å². The first-order valence-electron chi connectivity index (χ1n) is 8.54. The Morgan fingerprint density at radius 1 is 1.00 bits per heavy atom. The van der Waals surface area contributed by atoms with Gasteiger partial charge in [0.25, 0.3) is 0 Å². The molecule has 0 N–H and O–H groups in total. The Morgan fingerprint density at radius 2 is 1.57 bits per heavy atom. The van der Waals surface area contributed by atoms with Crippen molar-refractivity contribution in [3.05, 3.63) is 23.8 Å². The van der Waals surface area contributed by atoms with E-state index in [1.54, 1.807) is 0 Å². The van der Waals surface area contributed by atoms with Crippen LogP contribution >= 0.6 is 0 Å². The molecule has 0 aliphatic carbocycles. The van der Waals surface area contributed by atoms with E-state index in [1.165, 1.54) is 71.0 Å². The molecule has 0 rings (SSSR count). The van der Waals surface area contributed by atoms with Crippen molar-refractivity contribution >= 4 is 5.97 Å². The summed E-state index contributed by atoms with van der Waals surface area (Å²) in [5.41, 5.74) is 1.13. The summed E-state index contributed by atoms with van der Waals surface area (Å²) in [4.78, 5) is 11.0.